The molecule has 18 heavy (non-hydrogen) atoms. The molecule has 0 spiro atoms. The predicted molar refractivity (Wildman–Crippen MR) is 77.0 cm³/mol. The van der Waals surface area contributed by atoms with Crippen molar-refractivity contribution in [2.75, 3.05) is 17.3 Å². The van der Waals surface area contributed by atoms with E-state index in [2.05, 4.69) is 10.3 Å². The van der Waals surface area contributed by atoms with Crippen LogP contribution in [-0.2, 0) is 9.84 Å². The van der Waals surface area contributed by atoms with E-state index in [0.717, 1.165) is 15.9 Å². The first-order valence-electron chi connectivity index (χ1n) is 5.72. The topological polar surface area (TPSA) is 59.1 Å². The second-order valence-corrected chi connectivity index (χ2v) is 7.63. The molecular formula is C12H16N2O2S2. The van der Waals surface area contributed by atoms with E-state index in [0.29, 0.717) is 6.42 Å². The molecule has 0 aromatic carbocycles. The van der Waals surface area contributed by atoms with Gasteiger partial charge in [-0.15, -0.1) is 11.3 Å². The van der Waals surface area contributed by atoms with Crippen LogP contribution in [0.25, 0.3) is 10.2 Å². The molecule has 2 aromatic heterocycles. The summed E-state index contributed by atoms with van der Waals surface area (Å²) < 4.78 is 23.4. The van der Waals surface area contributed by atoms with Crippen LogP contribution in [0.15, 0.2) is 23.7 Å². The van der Waals surface area contributed by atoms with E-state index < -0.39 is 9.84 Å². The lowest BCUT2D eigenvalue weighted by Gasteiger charge is -2.15. The van der Waals surface area contributed by atoms with Gasteiger partial charge in [-0.3, -0.25) is 4.98 Å². The molecule has 98 valence electrons. The number of thiophene rings is 1. The maximum Gasteiger partial charge on any atom is 0.147 e. The highest BCUT2D eigenvalue weighted by molar-refractivity contribution is 7.90. The molecule has 6 heteroatoms. The molecule has 2 rings (SSSR count). The summed E-state index contributed by atoms with van der Waals surface area (Å²) in [4.78, 5) is 4.27. The first-order chi connectivity index (χ1) is 8.46. The van der Waals surface area contributed by atoms with Gasteiger partial charge in [0.25, 0.3) is 0 Å². The summed E-state index contributed by atoms with van der Waals surface area (Å²) in [6.07, 6.45) is 3.64. The molecule has 4 nitrogen and oxygen atoms in total. The molecule has 0 radical (unpaired) electrons. The summed E-state index contributed by atoms with van der Waals surface area (Å²) in [6, 6.07) is 4.02. The molecule has 1 atom stereocenters. The normalized spacial score (nSPS) is 13.7. The van der Waals surface area contributed by atoms with E-state index in [1.807, 2.05) is 24.4 Å². The predicted octanol–water partition coefficient (Wildman–Crippen LogP) is 2.53. The van der Waals surface area contributed by atoms with Crippen molar-refractivity contribution in [3.8, 4) is 0 Å². The molecule has 2 heterocycles. The summed E-state index contributed by atoms with van der Waals surface area (Å²) in [5, 5.41) is 5.35. The zero-order chi connectivity index (χ0) is 13.2. The average molecular weight is 284 g/mol. The number of sulfone groups is 1. The number of rotatable bonds is 5. The van der Waals surface area contributed by atoms with Crippen LogP contribution >= 0.6 is 11.3 Å². The molecule has 1 N–H and O–H groups in total. The Labute approximate surface area is 111 Å². The Kier molecular flexibility index (Phi) is 3.87. The lowest BCUT2D eigenvalue weighted by molar-refractivity contribution is 0.596. The van der Waals surface area contributed by atoms with Crippen molar-refractivity contribution in [1.82, 2.24) is 4.98 Å². The third-order valence-corrected chi connectivity index (χ3v) is 4.58. The maximum absolute atomic E-state index is 11.1. The van der Waals surface area contributed by atoms with Gasteiger partial charge < -0.3 is 5.32 Å². The van der Waals surface area contributed by atoms with Crippen molar-refractivity contribution < 1.29 is 8.42 Å². The van der Waals surface area contributed by atoms with Crippen molar-refractivity contribution >= 4 is 37.1 Å². The molecule has 0 amide bonds. The molecule has 0 aliphatic heterocycles. The van der Waals surface area contributed by atoms with E-state index in [4.69, 9.17) is 0 Å². The largest absolute Gasteiger partial charge is 0.381 e. The van der Waals surface area contributed by atoms with Crippen molar-refractivity contribution in [2.45, 2.75) is 19.4 Å². The number of aromatic nitrogens is 1. The lowest BCUT2D eigenvalue weighted by Crippen LogP contribution is -2.19. The van der Waals surface area contributed by atoms with Crippen LogP contribution in [0, 0.1) is 0 Å². The van der Waals surface area contributed by atoms with Crippen LogP contribution in [0.4, 0.5) is 5.69 Å². The average Bonchev–Trinajstić information content (AvgIpc) is 2.74. The fraction of sp³-hybridized carbons (Fsp3) is 0.417. The molecule has 2 aromatic rings. The number of pyridine rings is 1. The lowest BCUT2D eigenvalue weighted by atomic mass is 10.2. The highest BCUT2D eigenvalue weighted by Crippen LogP contribution is 2.27. The Morgan fingerprint density at radius 3 is 2.94 bits per heavy atom. The fourth-order valence-electron chi connectivity index (χ4n) is 1.72. The van der Waals surface area contributed by atoms with Crippen LogP contribution in [0.2, 0.25) is 0 Å². The fourth-order valence-corrected chi connectivity index (χ4v) is 3.33. The van der Waals surface area contributed by atoms with E-state index in [-0.39, 0.29) is 11.8 Å². The molecule has 0 aliphatic rings. The first-order valence-corrected chi connectivity index (χ1v) is 8.66. The van der Waals surface area contributed by atoms with Crippen molar-refractivity contribution in [1.29, 1.82) is 0 Å². The number of nitrogens with zero attached hydrogens (tertiary/aromatic N) is 1. The summed E-state index contributed by atoms with van der Waals surface area (Å²) >= 11 is 1.64. The van der Waals surface area contributed by atoms with Gasteiger partial charge in [0.2, 0.25) is 0 Å². The van der Waals surface area contributed by atoms with Gasteiger partial charge in [-0.05, 0) is 30.9 Å². The van der Waals surface area contributed by atoms with E-state index in [1.165, 1.54) is 6.26 Å². The van der Waals surface area contributed by atoms with Gasteiger partial charge in [-0.25, -0.2) is 8.42 Å². The minimum atomic E-state index is -2.89. The Morgan fingerprint density at radius 1 is 1.44 bits per heavy atom. The number of hydrogen-bond acceptors (Lipinski definition) is 5. The van der Waals surface area contributed by atoms with Crippen LogP contribution in [-0.4, -0.2) is 31.5 Å². The first kappa shape index (κ1) is 13.3. The summed E-state index contributed by atoms with van der Waals surface area (Å²) in [5.74, 6) is 0.208. The number of anilines is 1. The summed E-state index contributed by atoms with van der Waals surface area (Å²) in [6.45, 7) is 1.99. The van der Waals surface area contributed by atoms with E-state index in [9.17, 15) is 8.42 Å². The van der Waals surface area contributed by atoms with Crippen LogP contribution in [0.1, 0.15) is 13.3 Å². The zero-order valence-electron chi connectivity index (χ0n) is 10.4. The molecule has 1 unspecified atom stereocenters. The smallest absolute Gasteiger partial charge is 0.147 e. The van der Waals surface area contributed by atoms with Gasteiger partial charge in [0.15, 0.2) is 0 Å². The molecule has 0 saturated heterocycles. The Bertz CT molecular complexity index is 634. The van der Waals surface area contributed by atoms with Gasteiger partial charge in [-0.1, -0.05) is 0 Å². The Balaban J connectivity index is 2.07. The zero-order valence-corrected chi connectivity index (χ0v) is 12.0. The van der Waals surface area contributed by atoms with Gasteiger partial charge >= 0.3 is 0 Å². The molecule has 0 bridgehead atoms. The maximum atomic E-state index is 11.1. The van der Waals surface area contributed by atoms with Crippen LogP contribution < -0.4 is 5.32 Å². The highest BCUT2D eigenvalue weighted by Gasteiger charge is 2.10. The standard InChI is InChI=1S/C12H16N2O2S2/c1-9(5-8-18(2,15)16)14-11-3-6-13-10-4-7-17-12(10)11/h3-4,6-7,9H,5,8H2,1-2H3,(H,13,14). The molecular weight excluding hydrogens is 268 g/mol. The number of hydrogen-bond donors (Lipinski definition) is 1. The van der Waals surface area contributed by atoms with Gasteiger partial charge in [0, 0.05) is 18.5 Å². The van der Waals surface area contributed by atoms with Crippen molar-refractivity contribution in [3.63, 3.8) is 0 Å². The third-order valence-electron chi connectivity index (χ3n) is 2.67. The molecule has 0 fully saturated rings. The van der Waals surface area contributed by atoms with Gasteiger partial charge in [0.1, 0.15) is 9.84 Å². The van der Waals surface area contributed by atoms with Crippen molar-refractivity contribution in [3.05, 3.63) is 23.7 Å². The van der Waals surface area contributed by atoms with Crippen LogP contribution in [0.3, 0.4) is 0 Å². The highest BCUT2D eigenvalue weighted by atomic mass is 32.2. The second-order valence-electron chi connectivity index (χ2n) is 4.46. The quantitative estimate of drug-likeness (QED) is 0.916. The van der Waals surface area contributed by atoms with Gasteiger partial charge in [0.05, 0.1) is 21.7 Å². The third kappa shape index (κ3) is 3.43. The SMILES string of the molecule is CC(CCS(C)(=O)=O)Nc1ccnc2ccsc12. The number of fused-ring (bicyclic) bond motifs is 1. The van der Waals surface area contributed by atoms with E-state index in [1.54, 1.807) is 17.5 Å². The molecule has 0 aliphatic carbocycles. The minimum Gasteiger partial charge on any atom is -0.381 e. The van der Waals surface area contributed by atoms with Crippen molar-refractivity contribution in [2.24, 2.45) is 0 Å². The summed E-state index contributed by atoms with van der Waals surface area (Å²) in [5.41, 5.74) is 2.00. The van der Waals surface area contributed by atoms with E-state index >= 15 is 0 Å². The Morgan fingerprint density at radius 2 is 2.22 bits per heavy atom. The second kappa shape index (κ2) is 5.24. The monoisotopic (exact) mass is 284 g/mol. The van der Waals surface area contributed by atoms with Gasteiger partial charge in [-0.2, -0.15) is 0 Å². The molecule has 0 saturated carbocycles. The Hall–Kier alpha value is -1.14. The minimum absolute atomic E-state index is 0.118. The summed E-state index contributed by atoms with van der Waals surface area (Å²) in [7, 11) is -2.89. The van der Waals surface area contributed by atoms with Crippen LogP contribution in [0.5, 0.6) is 0 Å². The number of nitrogens with one attached hydrogen (secondary N) is 1.